The summed E-state index contributed by atoms with van der Waals surface area (Å²) in [4.78, 5) is 0. The van der Waals surface area contributed by atoms with Crippen LogP contribution in [0.15, 0.2) is 146 Å². The molecule has 2 nitrogen and oxygen atoms in total. The maximum absolute atomic E-state index is 9.75. The molecular weight excluding hydrogens is 740 g/mol. The van der Waals surface area contributed by atoms with Crippen molar-refractivity contribution in [1.82, 2.24) is 0 Å². The van der Waals surface area contributed by atoms with Crippen LogP contribution in [0.4, 0.5) is 17.3 Å². The van der Waals surface area contributed by atoms with Gasteiger partial charge in [0.15, 0.2) is 0 Å². The van der Waals surface area contributed by atoms with Gasteiger partial charge in [0.1, 0.15) is 0 Å². The largest absolute Gasteiger partial charge is 0.673 e. The molecule has 0 aliphatic rings. The van der Waals surface area contributed by atoms with E-state index in [4.69, 9.17) is 9.47 Å². The second-order valence-electron chi connectivity index (χ2n) is 11.1. The Kier molecular flexibility index (Phi) is 17.1. The van der Waals surface area contributed by atoms with Crippen LogP contribution >= 0.6 is 15.8 Å². The summed E-state index contributed by atoms with van der Waals surface area (Å²) >= 11 is 0. The maximum Gasteiger partial charge on any atom is 0.673 e. The predicted molar refractivity (Wildman–Crippen MR) is 193 cm³/mol. The second-order valence-corrected chi connectivity index (χ2v) is 16.4. The van der Waals surface area contributed by atoms with Crippen molar-refractivity contribution in [2.45, 2.75) is 38.4 Å². The molecule has 255 valence electrons. The summed E-state index contributed by atoms with van der Waals surface area (Å²) in [6.45, 7) is 7.24. The van der Waals surface area contributed by atoms with Gasteiger partial charge in [-0.1, -0.05) is 159 Å². The van der Waals surface area contributed by atoms with Crippen LogP contribution in [0.5, 0.6) is 0 Å². The van der Waals surface area contributed by atoms with E-state index in [1.54, 1.807) is 0 Å². The Hall–Kier alpha value is -2.71. The van der Waals surface area contributed by atoms with Crippen LogP contribution in [0, 0.1) is 0 Å². The van der Waals surface area contributed by atoms with Crippen molar-refractivity contribution in [2.75, 3.05) is 13.2 Å². The van der Waals surface area contributed by atoms with Crippen LogP contribution in [-0.4, -0.2) is 31.8 Å². The number of halogens is 4. The Labute approximate surface area is 297 Å². The monoisotopic (exact) mass is 780 g/mol. The first-order valence-corrected chi connectivity index (χ1v) is 18.4. The topological polar surface area (TPSA) is 18.5 Å². The molecule has 48 heavy (non-hydrogen) atoms. The molecule has 0 fully saturated rings. The molecule has 0 aliphatic heterocycles. The summed E-state index contributed by atoms with van der Waals surface area (Å²) in [6, 6.07) is 52.1. The van der Waals surface area contributed by atoms with Crippen LogP contribution in [0.25, 0.3) is 0 Å². The molecule has 0 bridgehead atoms. The van der Waals surface area contributed by atoms with E-state index < -0.39 is 23.1 Å². The van der Waals surface area contributed by atoms with E-state index in [9.17, 15) is 17.3 Å². The zero-order chi connectivity index (χ0) is 33.5. The molecule has 10 heteroatoms. The van der Waals surface area contributed by atoms with Gasteiger partial charge >= 0.3 is 7.25 Å². The molecule has 0 heterocycles. The zero-order valence-corrected chi connectivity index (χ0v) is 30.4. The maximum atomic E-state index is 9.75. The molecule has 2 atom stereocenters. The molecule has 0 aliphatic carbocycles. The molecule has 0 amide bonds. The van der Waals surface area contributed by atoms with Gasteiger partial charge in [-0.25, -0.2) is 0 Å². The number of rotatable bonds is 14. The average molecular weight is 780 g/mol. The number of hydrogen-bond acceptors (Lipinski definition) is 2. The quantitative estimate of drug-likeness (QED) is 0.0637. The first kappa shape index (κ1) is 39.7. The van der Waals surface area contributed by atoms with Crippen molar-refractivity contribution in [2.24, 2.45) is 0 Å². The van der Waals surface area contributed by atoms with Crippen molar-refractivity contribution >= 4 is 44.3 Å². The summed E-state index contributed by atoms with van der Waals surface area (Å²) in [6.07, 6.45) is 0. The molecule has 0 saturated heterocycles. The fraction of sp³-hybridized carbons (Fsp3) is 0.211. The molecule has 0 unspecified atom stereocenters. The van der Waals surface area contributed by atoms with Crippen LogP contribution in [-0.2, 0) is 42.2 Å². The Morgan fingerprint density at radius 2 is 0.688 bits per heavy atom. The summed E-state index contributed by atoms with van der Waals surface area (Å²) < 4.78 is 51.8. The van der Waals surface area contributed by atoms with E-state index in [0.29, 0.717) is 37.7 Å². The predicted octanol–water partition coefficient (Wildman–Crippen LogP) is 9.06. The van der Waals surface area contributed by atoms with Crippen LogP contribution < -0.4 is 21.2 Å². The fourth-order valence-corrected chi connectivity index (χ4v) is 10.5. The van der Waals surface area contributed by atoms with E-state index >= 15 is 0 Å². The van der Waals surface area contributed by atoms with Crippen molar-refractivity contribution in [3.05, 3.63) is 157 Å². The Morgan fingerprint density at radius 3 is 0.938 bits per heavy atom. The smallest absolute Gasteiger partial charge is 0.418 e. The minimum atomic E-state index is -6.00. The van der Waals surface area contributed by atoms with Crippen LogP contribution in [0.2, 0.25) is 0 Å². The molecule has 0 spiro atoms. The zero-order valence-electron chi connectivity index (χ0n) is 27.0. The minimum Gasteiger partial charge on any atom is -0.418 e. The van der Waals surface area contributed by atoms with Gasteiger partial charge in [0, 0.05) is 30.8 Å². The third-order valence-corrected chi connectivity index (χ3v) is 12.8. The van der Waals surface area contributed by atoms with Gasteiger partial charge in [-0.15, -0.1) is 0 Å². The number of benzene rings is 5. The average Bonchev–Trinajstić information content (AvgIpc) is 3.07. The molecule has 5 aromatic carbocycles. The molecule has 5 aromatic rings. The Balaban J connectivity index is 0.000000970. The van der Waals surface area contributed by atoms with Crippen LogP contribution in [0.3, 0.4) is 0 Å². The third-order valence-electron chi connectivity index (χ3n) is 7.37. The standard InChI is InChI=1S/C38H40O2P2.BF4.Rh/c1-31(41(35-19-7-3-8-20-35)36-21-9-4-10-22-36)27-39-29-33-17-15-16-18-34(33)30-40-28-32(2)42(37-23-11-5-12-24-37)38-25-13-6-14-26-38;2-1(3,4)5;/h3-26,31-32H,27-30H2,1-2H3;;/q;-1;/t31-,32-;;/m1../s1. The van der Waals surface area contributed by atoms with Crippen LogP contribution in [0.1, 0.15) is 25.0 Å². The van der Waals surface area contributed by atoms with Crippen molar-refractivity contribution in [3.8, 4) is 0 Å². The van der Waals surface area contributed by atoms with Gasteiger partial charge in [0.25, 0.3) is 0 Å². The van der Waals surface area contributed by atoms with Gasteiger partial charge in [0.2, 0.25) is 0 Å². The number of hydrogen-bond donors (Lipinski definition) is 0. The summed E-state index contributed by atoms with van der Waals surface area (Å²) in [5, 5.41) is 5.57. The fourth-order valence-electron chi connectivity index (χ4n) is 5.34. The normalized spacial score (nSPS) is 12.5. The van der Waals surface area contributed by atoms with Crippen molar-refractivity contribution < 1.29 is 46.2 Å². The summed E-state index contributed by atoms with van der Waals surface area (Å²) in [5.41, 5.74) is 3.19. The van der Waals surface area contributed by atoms with E-state index in [-0.39, 0.29) is 19.5 Å². The molecular formula is C38H40BF4O2P2Rh-. The van der Waals surface area contributed by atoms with E-state index in [1.807, 2.05) is 0 Å². The molecule has 0 saturated carbocycles. The summed E-state index contributed by atoms with van der Waals surface area (Å²) in [7, 11) is -7.02. The van der Waals surface area contributed by atoms with Gasteiger partial charge < -0.3 is 26.7 Å². The second kappa shape index (κ2) is 20.7. The van der Waals surface area contributed by atoms with Gasteiger partial charge in [-0.3, -0.25) is 0 Å². The molecule has 5 rings (SSSR count). The first-order valence-electron chi connectivity index (χ1n) is 15.6. The Morgan fingerprint density at radius 1 is 0.458 bits per heavy atom. The van der Waals surface area contributed by atoms with Gasteiger partial charge in [-0.2, -0.15) is 0 Å². The number of ether oxygens (including phenoxy) is 2. The molecule has 0 N–H and O–H groups in total. The Bertz CT molecular complexity index is 1390. The molecule has 0 aromatic heterocycles. The van der Waals surface area contributed by atoms with Gasteiger partial charge in [0.05, 0.1) is 26.4 Å². The minimum absolute atomic E-state index is 0. The van der Waals surface area contributed by atoms with E-state index in [0.717, 1.165) is 0 Å². The van der Waals surface area contributed by atoms with Gasteiger partial charge in [-0.05, 0) is 48.2 Å². The third kappa shape index (κ3) is 13.3. The first-order chi connectivity index (χ1) is 22.7. The SMILES string of the molecule is C[C@H](COCc1ccccc1COC[C@@H](C)P(c1ccccc1)c1ccccc1)P(c1ccccc1)c1ccccc1.F[B-](F)(F)F.[Rh]. The van der Waals surface area contributed by atoms with Crippen molar-refractivity contribution in [1.29, 1.82) is 0 Å². The molecule has 1 radical (unpaired) electrons. The van der Waals surface area contributed by atoms with Crippen molar-refractivity contribution in [3.63, 3.8) is 0 Å². The van der Waals surface area contributed by atoms with E-state index in [1.165, 1.54) is 32.3 Å². The van der Waals surface area contributed by atoms with E-state index in [2.05, 4.69) is 159 Å². The summed E-state index contributed by atoms with van der Waals surface area (Å²) in [5.74, 6) is 0.